The highest BCUT2D eigenvalue weighted by atomic mass is 16.5. The second-order valence-electron chi connectivity index (χ2n) is 9.35. The zero-order valence-electron chi connectivity index (χ0n) is 20.6. The monoisotopic (exact) mass is 458 g/mol. The van der Waals surface area contributed by atoms with Gasteiger partial charge in [0.15, 0.2) is 0 Å². The summed E-state index contributed by atoms with van der Waals surface area (Å²) in [7, 11) is 1.73. The molecule has 0 saturated carbocycles. The van der Waals surface area contributed by atoms with Gasteiger partial charge in [-0.05, 0) is 31.0 Å². The number of amides is 2. The number of anilines is 1. The maximum Gasteiger partial charge on any atom is 0.236 e. The lowest BCUT2D eigenvalue weighted by Crippen LogP contribution is -2.51. The van der Waals surface area contributed by atoms with E-state index in [2.05, 4.69) is 21.9 Å². The highest BCUT2D eigenvalue weighted by Gasteiger charge is 2.24. The lowest BCUT2D eigenvalue weighted by Gasteiger charge is -2.36. The van der Waals surface area contributed by atoms with Crippen molar-refractivity contribution in [3.05, 3.63) is 29.8 Å². The molecular weight excluding hydrogens is 416 g/mol. The third kappa shape index (κ3) is 8.09. The Morgan fingerprint density at radius 2 is 1.52 bits per heavy atom. The van der Waals surface area contributed by atoms with Gasteiger partial charge in [-0.25, -0.2) is 0 Å². The Balaban J connectivity index is 1.68. The van der Waals surface area contributed by atoms with Crippen LogP contribution in [-0.4, -0.2) is 92.6 Å². The van der Waals surface area contributed by atoms with Crippen molar-refractivity contribution >= 4 is 17.5 Å². The van der Waals surface area contributed by atoms with E-state index in [0.717, 1.165) is 82.9 Å². The first-order valence-corrected chi connectivity index (χ1v) is 12.7. The van der Waals surface area contributed by atoms with Crippen LogP contribution in [0.1, 0.15) is 51.0 Å². The summed E-state index contributed by atoms with van der Waals surface area (Å²) in [5.74, 6) is 0.304. The quantitative estimate of drug-likeness (QED) is 0.679. The van der Waals surface area contributed by atoms with E-state index < -0.39 is 0 Å². The minimum Gasteiger partial charge on any atom is -0.383 e. The van der Waals surface area contributed by atoms with E-state index in [1.807, 2.05) is 21.9 Å². The smallest absolute Gasteiger partial charge is 0.236 e. The average Bonchev–Trinajstić information content (AvgIpc) is 2.83. The number of carbonyl (C=O) groups excluding carboxylic acids is 2. The third-order valence-corrected chi connectivity index (χ3v) is 6.86. The van der Waals surface area contributed by atoms with E-state index in [-0.39, 0.29) is 11.8 Å². The van der Waals surface area contributed by atoms with Gasteiger partial charge in [0.25, 0.3) is 0 Å². The van der Waals surface area contributed by atoms with Crippen LogP contribution < -0.4 is 4.90 Å². The average molecular weight is 459 g/mol. The number of methoxy groups -OCH3 is 1. The molecule has 0 aromatic heterocycles. The SMILES string of the molecule is COCCN1CCN(C(=O)CN2CCCCCCCCN(C(C)=O)c3ccccc3C2)CC1. The number of carbonyl (C=O) groups is 2. The van der Waals surface area contributed by atoms with E-state index in [9.17, 15) is 9.59 Å². The van der Waals surface area contributed by atoms with Gasteiger partial charge in [0.2, 0.25) is 11.8 Å². The molecule has 7 nitrogen and oxygen atoms in total. The van der Waals surface area contributed by atoms with Gasteiger partial charge in [-0.3, -0.25) is 19.4 Å². The van der Waals surface area contributed by atoms with E-state index in [4.69, 9.17) is 4.74 Å². The molecule has 0 unspecified atom stereocenters. The molecule has 1 aromatic rings. The second kappa shape index (κ2) is 13.7. The van der Waals surface area contributed by atoms with E-state index in [1.165, 1.54) is 19.3 Å². The molecule has 0 spiro atoms. The van der Waals surface area contributed by atoms with Crippen LogP contribution in [0.15, 0.2) is 24.3 Å². The predicted octanol–water partition coefficient (Wildman–Crippen LogP) is 2.99. The second-order valence-corrected chi connectivity index (χ2v) is 9.35. The molecule has 0 atom stereocenters. The maximum absolute atomic E-state index is 13.2. The Kier molecular flexibility index (Phi) is 10.6. The van der Waals surface area contributed by atoms with Crippen LogP contribution in [-0.2, 0) is 20.9 Å². The highest BCUT2D eigenvalue weighted by molar-refractivity contribution is 5.92. The van der Waals surface area contributed by atoms with Gasteiger partial charge in [0.05, 0.1) is 13.2 Å². The molecule has 1 aromatic carbocycles. The number of nitrogens with zero attached hydrogens (tertiary/aromatic N) is 4. The summed E-state index contributed by atoms with van der Waals surface area (Å²) in [6.07, 6.45) is 6.92. The predicted molar refractivity (Wildman–Crippen MR) is 132 cm³/mol. The van der Waals surface area contributed by atoms with Crippen LogP contribution >= 0.6 is 0 Å². The number of fused-ring (bicyclic) bond motifs is 1. The lowest BCUT2D eigenvalue weighted by molar-refractivity contribution is -0.134. The van der Waals surface area contributed by atoms with Crippen LogP contribution in [0, 0.1) is 0 Å². The Bertz CT molecular complexity index is 749. The minimum atomic E-state index is 0.0892. The molecule has 184 valence electrons. The van der Waals surface area contributed by atoms with Crippen molar-refractivity contribution in [1.82, 2.24) is 14.7 Å². The highest BCUT2D eigenvalue weighted by Crippen LogP contribution is 2.24. The molecule has 0 radical (unpaired) electrons. The fourth-order valence-corrected chi connectivity index (χ4v) is 4.86. The standard InChI is InChI=1S/C26H42N4O3/c1-23(31)30-14-10-6-4-3-5-9-13-28(21-24-11-7-8-12-25(24)30)22-26(32)29-17-15-27(16-18-29)19-20-33-2/h7-8,11-12H,3-6,9-10,13-22H2,1-2H3. The fraction of sp³-hybridized carbons (Fsp3) is 0.692. The first-order valence-electron chi connectivity index (χ1n) is 12.7. The summed E-state index contributed by atoms with van der Waals surface area (Å²) in [6.45, 7) is 9.50. The molecule has 2 heterocycles. The number of benzene rings is 1. The summed E-state index contributed by atoms with van der Waals surface area (Å²) in [6, 6.07) is 8.20. The van der Waals surface area contributed by atoms with Crippen molar-refractivity contribution in [2.75, 3.05) is 71.0 Å². The number of hydrogen-bond acceptors (Lipinski definition) is 5. The van der Waals surface area contributed by atoms with Crippen molar-refractivity contribution < 1.29 is 14.3 Å². The van der Waals surface area contributed by atoms with Crippen molar-refractivity contribution in [2.24, 2.45) is 0 Å². The number of ether oxygens (including phenoxy) is 1. The number of piperazine rings is 1. The Labute approximate surface area is 199 Å². The molecule has 1 fully saturated rings. The van der Waals surface area contributed by atoms with Gasteiger partial charge in [0.1, 0.15) is 0 Å². The normalized spacial score (nSPS) is 19.8. The molecule has 0 N–H and O–H groups in total. The summed E-state index contributed by atoms with van der Waals surface area (Å²) < 4.78 is 5.18. The molecule has 0 aliphatic carbocycles. The van der Waals surface area contributed by atoms with Crippen LogP contribution in [0.5, 0.6) is 0 Å². The summed E-state index contributed by atoms with van der Waals surface area (Å²) in [5, 5.41) is 0. The third-order valence-electron chi connectivity index (χ3n) is 6.86. The van der Waals surface area contributed by atoms with Crippen LogP contribution in [0.25, 0.3) is 0 Å². The van der Waals surface area contributed by atoms with Gasteiger partial charge in [-0.1, -0.05) is 43.9 Å². The van der Waals surface area contributed by atoms with Crippen LogP contribution in [0.3, 0.4) is 0 Å². The number of hydrogen-bond donors (Lipinski definition) is 0. The van der Waals surface area contributed by atoms with Crippen molar-refractivity contribution in [1.29, 1.82) is 0 Å². The van der Waals surface area contributed by atoms with Gasteiger partial charge >= 0.3 is 0 Å². The lowest BCUT2D eigenvalue weighted by atomic mass is 10.1. The zero-order chi connectivity index (χ0) is 23.5. The zero-order valence-corrected chi connectivity index (χ0v) is 20.6. The summed E-state index contributed by atoms with van der Waals surface area (Å²) in [5.41, 5.74) is 2.12. The van der Waals surface area contributed by atoms with Gasteiger partial charge in [0, 0.05) is 65.5 Å². The van der Waals surface area contributed by atoms with Gasteiger partial charge in [-0.15, -0.1) is 0 Å². The first-order chi connectivity index (χ1) is 16.1. The summed E-state index contributed by atoms with van der Waals surface area (Å²) in [4.78, 5) is 34.2. The van der Waals surface area contributed by atoms with Gasteiger partial charge < -0.3 is 14.5 Å². The molecule has 2 aliphatic heterocycles. The molecular formula is C26H42N4O3. The fourth-order valence-electron chi connectivity index (χ4n) is 4.86. The van der Waals surface area contributed by atoms with Crippen LogP contribution in [0.2, 0.25) is 0 Å². The van der Waals surface area contributed by atoms with E-state index in [1.54, 1.807) is 14.0 Å². The Morgan fingerprint density at radius 3 is 2.21 bits per heavy atom. The van der Waals surface area contributed by atoms with Crippen LogP contribution in [0.4, 0.5) is 5.69 Å². The number of para-hydroxylation sites is 1. The van der Waals surface area contributed by atoms with Crippen molar-refractivity contribution in [3.63, 3.8) is 0 Å². The maximum atomic E-state index is 13.2. The van der Waals surface area contributed by atoms with E-state index >= 15 is 0 Å². The van der Waals surface area contributed by atoms with Gasteiger partial charge in [-0.2, -0.15) is 0 Å². The molecule has 3 rings (SSSR count). The Hall–Kier alpha value is -1.96. The molecule has 33 heavy (non-hydrogen) atoms. The Morgan fingerprint density at radius 1 is 0.848 bits per heavy atom. The summed E-state index contributed by atoms with van der Waals surface area (Å²) >= 11 is 0. The van der Waals surface area contributed by atoms with E-state index in [0.29, 0.717) is 13.1 Å². The topological polar surface area (TPSA) is 56.3 Å². The molecule has 7 heteroatoms. The minimum absolute atomic E-state index is 0.0892. The number of rotatable bonds is 5. The van der Waals surface area contributed by atoms with Crippen molar-refractivity contribution in [3.8, 4) is 0 Å². The molecule has 2 aliphatic rings. The molecule has 2 amide bonds. The van der Waals surface area contributed by atoms with Crippen molar-refractivity contribution in [2.45, 2.75) is 52.0 Å². The largest absolute Gasteiger partial charge is 0.383 e. The molecule has 1 saturated heterocycles. The first kappa shape index (κ1) is 25.7. The molecule has 0 bridgehead atoms.